The molecule has 0 unspecified atom stereocenters. The van der Waals surface area contributed by atoms with Gasteiger partial charge in [-0.2, -0.15) is 0 Å². The second-order valence-electron chi connectivity index (χ2n) is 6.75. The molecule has 0 radical (unpaired) electrons. The van der Waals surface area contributed by atoms with Crippen molar-refractivity contribution in [3.63, 3.8) is 0 Å². The number of hydrogen-bond acceptors (Lipinski definition) is 5. The van der Waals surface area contributed by atoms with Crippen LogP contribution in [0.4, 0.5) is 0 Å². The third-order valence-electron chi connectivity index (χ3n) is 4.32. The Morgan fingerprint density at radius 1 is 1.10 bits per heavy atom. The number of imidazole rings is 1. The molecular weight excluding hydrogens is 461 g/mol. The highest BCUT2D eigenvalue weighted by atomic mass is 35.5. The van der Waals surface area contributed by atoms with E-state index in [0.717, 1.165) is 5.56 Å². The Bertz CT molecular complexity index is 1150. The van der Waals surface area contributed by atoms with Crippen LogP contribution in [-0.4, -0.2) is 37.0 Å². The summed E-state index contributed by atoms with van der Waals surface area (Å²) < 4.78 is 28.4. The lowest BCUT2D eigenvalue weighted by molar-refractivity contribution is 0.563. The summed E-state index contributed by atoms with van der Waals surface area (Å²) in [6.07, 6.45) is 3.17. The smallest absolute Gasteiger partial charge is 0.210 e. The first-order valence-electron chi connectivity index (χ1n) is 8.98. The van der Waals surface area contributed by atoms with Crippen molar-refractivity contribution in [1.82, 2.24) is 14.5 Å². The SMILES string of the molecule is CN(C)/C=C(/c1cnc(SCc2c(Cl)cccc2Cl)n1C)S(=O)(=O)c1ccccc1. The van der Waals surface area contributed by atoms with Crippen molar-refractivity contribution in [3.8, 4) is 0 Å². The van der Waals surface area contributed by atoms with Gasteiger partial charge in [-0.25, -0.2) is 13.4 Å². The van der Waals surface area contributed by atoms with Gasteiger partial charge >= 0.3 is 0 Å². The fourth-order valence-electron chi connectivity index (χ4n) is 2.80. The number of halogens is 2. The molecule has 3 rings (SSSR count). The van der Waals surface area contributed by atoms with Crippen molar-refractivity contribution < 1.29 is 8.42 Å². The Morgan fingerprint density at radius 3 is 2.33 bits per heavy atom. The molecule has 158 valence electrons. The van der Waals surface area contributed by atoms with Gasteiger partial charge in [0.25, 0.3) is 0 Å². The lowest BCUT2D eigenvalue weighted by Crippen LogP contribution is -2.12. The van der Waals surface area contributed by atoms with Gasteiger partial charge in [-0.05, 0) is 29.8 Å². The molecule has 0 aliphatic carbocycles. The average molecular weight is 482 g/mol. The summed E-state index contributed by atoms with van der Waals surface area (Å²) in [7, 11) is 1.63. The molecule has 0 N–H and O–H groups in total. The molecule has 0 aliphatic rings. The summed E-state index contributed by atoms with van der Waals surface area (Å²) in [6.45, 7) is 0. The predicted molar refractivity (Wildman–Crippen MR) is 125 cm³/mol. The lowest BCUT2D eigenvalue weighted by atomic mass is 10.2. The zero-order chi connectivity index (χ0) is 21.9. The lowest BCUT2D eigenvalue weighted by Gasteiger charge is -2.14. The van der Waals surface area contributed by atoms with Crippen LogP contribution >= 0.6 is 35.0 Å². The summed E-state index contributed by atoms with van der Waals surface area (Å²) in [5, 5.41) is 1.84. The minimum Gasteiger partial charge on any atom is -0.382 e. The predicted octanol–water partition coefficient (Wildman–Crippen LogP) is 5.35. The summed E-state index contributed by atoms with van der Waals surface area (Å²) in [6, 6.07) is 13.7. The Balaban J connectivity index is 1.97. The van der Waals surface area contributed by atoms with E-state index in [1.165, 1.54) is 11.8 Å². The van der Waals surface area contributed by atoms with E-state index >= 15 is 0 Å². The average Bonchev–Trinajstić information content (AvgIpc) is 3.06. The van der Waals surface area contributed by atoms with E-state index in [1.54, 1.807) is 91.5 Å². The van der Waals surface area contributed by atoms with Crippen LogP contribution in [0.25, 0.3) is 4.91 Å². The van der Waals surface area contributed by atoms with Gasteiger partial charge in [0.2, 0.25) is 9.84 Å². The molecule has 0 saturated heterocycles. The Labute approximate surface area is 191 Å². The quantitative estimate of drug-likeness (QED) is 0.425. The number of aromatic nitrogens is 2. The third kappa shape index (κ3) is 4.86. The van der Waals surface area contributed by atoms with Crippen LogP contribution in [0.3, 0.4) is 0 Å². The number of rotatable bonds is 7. The molecule has 9 heteroatoms. The second kappa shape index (κ2) is 9.47. The van der Waals surface area contributed by atoms with Crippen LogP contribution in [0.15, 0.2) is 71.0 Å². The zero-order valence-electron chi connectivity index (χ0n) is 16.7. The first-order valence-corrected chi connectivity index (χ1v) is 12.2. The summed E-state index contributed by atoms with van der Waals surface area (Å²) in [4.78, 5) is 6.56. The van der Waals surface area contributed by atoms with Gasteiger partial charge in [0.15, 0.2) is 5.16 Å². The molecule has 3 aromatic rings. The van der Waals surface area contributed by atoms with E-state index < -0.39 is 9.84 Å². The molecule has 0 amide bonds. The summed E-state index contributed by atoms with van der Waals surface area (Å²) in [5.41, 5.74) is 1.32. The largest absolute Gasteiger partial charge is 0.382 e. The number of thioether (sulfide) groups is 1. The number of benzene rings is 2. The van der Waals surface area contributed by atoms with Crippen LogP contribution in [0.5, 0.6) is 0 Å². The molecule has 0 bridgehead atoms. The van der Waals surface area contributed by atoms with Crippen molar-refractivity contribution >= 4 is 49.7 Å². The fourth-order valence-corrected chi connectivity index (χ4v) is 6.07. The molecule has 0 spiro atoms. The number of nitrogens with zero attached hydrogens (tertiary/aromatic N) is 3. The van der Waals surface area contributed by atoms with Gasteiger partial charge in [0.1, 0.15) is 4.91 Å². The van der Waals surface area contributed by atoms with Crippen LogP contribution in [0.1, 0.15) is 11.3 Å². The van der Waals surface area contributed by atoms with Crippen LogP contribution in [-0.2, 0) is 22.6 Å². The molecule has 0 aliphatic heterocycles. The van der Waals surface area contributed by atoms with Crippen molar-refractivity contribution in [3.05, 3.63) is 82.2 Å². The Hall–Kier alpha value is -1.93. The van der Waals surface area contributed by atoms with Crippen molar-refractivity contribution in [1.29, 1.82) is 0 Å². The topological polar surface area (TPSA) is 55.2 Å². The van der Waals surface area contributed by atoms with Crippen molar-refractivity contribution in [2.24, 2.45) is 7.05 Å². The maximum atomic E-state index is 13.3. The molecule has 30 heavy (non-hydrogen) atoms. The molecule has 1 heterocycles. The van der Waals surface area contributed by atoms with E-state index in [-0.39, 0.29) is 9.80 Å². The second-order valence-corrected chi connectivity index (χ2v) is 10.4. The molecule has 0 saturated carbocycles. The van der Waals surface area contributed by atoms with Crippen LogP contribution in [0, 0.1) is 0 Å². The van der Waals surface area contributed by atoms with E-state index in [9.17, 15) is 8.42 Å². The first kappa shape index (κ1) is 22.7. The van der Waals surface area contributed by atoms with Gasteiger partial charge in [0.05, 0.1) is 16.8 Å². The minimum absolute atomic E-state index is 0.177. The standard InChI is InChI=1S/C21H21Cl2N3O2S2/c1-25(2)13-20(30(27,28)15-8-5-4-6-9-15)19-12-24-21(26(19)3)29-14-16-17(22)10-7-11-18(16)23/h4-13H,14H2,1-3H3/b20-13-. The zero-order valence-corrected chi connectivity index (χ0v) is 19.9. The monoisotopic (exact) mass is 481 g/mol. The number of sulfone groups is 1. The molecule has 1 aromatic heterocycles. The first-order chi connectivity index (χ1) is 14.2. The molecule has 0 fully saturated rings. The third-order valence-corrected chi connectivity index (χ3v) is 7.89. The van der Waals surface area contributed by atoms with Gasteiger partial charge in [-0.3, -0.25) is 0 Å². The summed E-state index contributed by atoms with van der Waals surface area (Å²) in [5.74, 6) is 0.515. The van der Waals surface area contributed by atoms with E-state index in [0.29, 0.717) is 26.6 Å². The van der Waals surface area contributed by atoms with Gasteiger partial charge < -0.3 is 9.47 Å². The molecule has 2 aromatic carbocycles. The highest BCUT2D eigenvalue weighted by Crippen LogP contribution is 2.34. The summed E-state index contributed by atoms with van der Waals surface area (Å²) >= 11 is 14.0. The van der Waals surface area contributed by atoms with E-state index in [4.69, 9.17) is 23.2 Å². The highest BCUT2D eigenvalue weighted by Gasteiger charge is 2.26. The molecule has 5 nitrogen and oxygen atoms in total. The van der Waals surface area contributed by atoms with Gasteiger partial charge in [-0.1, -0.05) is 59.2 Å². The maximum absolute atomic E-state index is 13.3. The van der Waals surface area contributed by atoms with Gasteiger partial charge in [0, 0.05) is 43.1 Å². The van der Waals surface area contributed by atoms with E-state index in [2.05, 4.69) is 4.98 Å². The van der Waals surface area contributed by atoms with Crippen LogP contribution < -0.4 is 0 Å². The highest BCUT2D eigenvalue weighted by molar-refractivity contribution is 8.00. The maximum Gasteiger partial charge on any atom is 0.210 e. The van der Waals surface area contributed by atoms with Crippen molar-refractivity contribution in [2.45, 2.75) is 15.8 Å². The van der Waals surface area contributed by atoms with Crippen molar-refractivity contribution in [2.75, 3.05) is 14.1 Å². The molecule has 0 atom stereocenters. The van der Waals surface area contributed by atoms with E-state index in [1.807, 2.05) is 0 Å². The normalized spacial score (nSPS) is 12.2. The Kier molecular flexibility index (Phi) is 7.18. The minimum atomic E-state index is -3.73. The molecular formula is C21H21Cl2N3O2S2. The fraction of sp³-hybridized carbons (Fsp3) is 0.190. The number of hydrogen-bond donors (Lipinski definition) is 0. The van der Waals surface area contributed by atoms with Gasteiger partial charge in [-0.15, -0.1) is 0 Å². The van der Waals surface area contributed by atoms with Crippen LogP contribution in [0.2, 0.25) is 10.0 Å². The Morgan fingerprint density at radius 2 is 1.73 bits per heavy atom.